The summed E-state index contributed by atoms with van der Waals surface area (Å²) in [4.78, 5) is 16.9. The lowest BCUT2D eigenvalue weighted by Gasteiger charge is -2.31. The van der Waals surface area contributed by atoms with Crippen molar-refractivity contribution in [2.75, 3.05) is 29.9 Å². The Balaban J connectivity index is 2.18. The van der Waals surface area contributed by atoms with E-state index in [-0.39, 0.29) is 29.2 Å². The number of anilines is 1. The van der Waals surface area contributed by atoms with E-state index in [4.69, 9.17) is 6.42 Å². The van der Waals surface area contributed by atoms with Gasteiger partial charge in [-0.3, -0.25) is 15.1 Å². The molecule has 2 heterocycles. The maximum Gasteiger partial charge on any atom is 0.272 e. The van der Waals surface area contributed by atoms with E-state index in [1.165, 1.54) is 10.4 Å². The molecule has 3 rings (SSSR count). The summed E-state index contributed by atoms with van der Waals surface area (Å²) in [5, 5.41) is 12.1. The fourth-order valence-corrected chi connectivity index (χ4v) is 5.80. The van der Waals surface area contributed by atoms with Gasteiger partial charge < -0.3 is 4.90 Å². The van der Waals surface area contributed by atoms with E-state index in [9.17, 15) is 18.5 Å². The second-order valence-electron chi connectivity index (χ2n) is 7.12. The summed E-state index contributed by atoms with van der Waals surface area (Å²) < 4.78 is 28.8. The van der Waals surface area contributed by atoms with Gasteiger partial charge in [-0.05, 0) is 24.5 Å². The number of sulfonamides is 1. The van der Waals surface area contributed by atoms with Gasteiger partial charge in [-0.15, -0.1) is 6.42 Å². The number of hydrogen-bond donors (Lipinski definition) is 0. The molecule has 1 aromatic carbocycles. The van der Waals surface area contributed by atoms with Crippen molar-refractivity contribution < 1.29 is 13.3 Å². The minimum Gasteiger partial charge on any atom is -0.369 e. The average Bonchev–Trinajstić information content (AvgIpc) is 2.77. The molecule has 10 heteroatoms. The zero-order valence-corrected chi connectivity index (χ0v) is 19.5. The Kier molecular flexibility index (Phi) is 7.30. The monoisotopic (exact) mass is 506 g/mol. The summed E-state index contributed by atoms with van der Waals surface area (Å²) >= 11 is 3.40. The number of benzene rings is 1. The molecule has 0 spiro atoms. The molecule has 0 saturated carbocycles. The highest BCUT2D eigenvalue weighted by Crippen LogP contribution is 2.36. The van der Waals surface area contributed by atoms with Crippen molar-refractivity contribution in [2.45, 2.75) is 31.2 Å². The zero-order valence-electron chi connectivity index (χ0n) is 17.1. The number of aromatic nitrogens is 1. The van der Waals surface area contributed by atoms with Gasteiger partial charge in [0.2, 0.25) is 10.0 Å². The number of alkyl halides is 1. The van der Waals surface area contributed by atoms with Gasteiger partial charge in [0.25, 0.3) is 5.69 Å². The Bertz CT molecular complexity index is 1120. The third-order valence-corrected chi connectivity index (χ3v) is 7.36. The Morgan fingerprint density at radius 2 is 2.16 bits per heavy atom. The highest BCUT2D eigenvalue weighted by Gasteiger charge is 2.34. The van der Waals surface area contributed by atoms with Crippen LogP contribution in [0.15, 0.2) is 35.4 Å². The molecule has 164 valence electrons. The highest BCUT2D eigenvalue weighted by molar-refractivity contribution is 9.09. The van der Waals surface area contributed by atoms with Crippen LogP contribution < -0.4 is 4.90 Å². The minimum atomic E-state index is -4.07. The maximum absolute atomic E-state index is 13.7. The molecular formula is C21H23BrN4O4S. The van der Waals surface area contributed by atoms with E-state index >= 15 is 0 Å². The zero-order chi connectivity index (χ0) is 22.6. The molecule has 0 unspecified atom stereocenters. The summed E-state index contributed by atoms with van der Waals surface area (Å²) in [5.41, 5.74) is 1.87. The van der Waals surface area contributed by atoms with Crippen molar-refractivity contribution in [3.63, 3.8) is 0 Å². The van der Waals surface area contributed by atoms with Gasteiger partial charge in [-0.2, -0.15) is 4.31 Å². The van der Waals surface area contributed by atoms with Crippen molar-refractivity contribution in [3.8, 4) is 12.3 Å². The van der Waals surface area contributed by atoms with Crippen LogP contribution in [0.1, 0.15) is 30.2 Å². The van der Waals surface area contributed by atoms with Crippen molar-refractivity contribution in [3.05, 3.63) is 57.4 Å². The first kappa shape index (κ1) is 23.2. The maximum atomic E-state index is 13.7. The predicted octanol–water partition coefficient (Wildman–Crippen LogP) is 3.33. The van der Waals surface area contributed by atoms with Gasteiger partial charge in [-0.25, -0.2) is 8.42 Å². The molecule has 1 aliphatic rings. The number of fused-ring (bicyclic) bond motifs is 1. The predicted molar refractivity (Wildman–Crippen MR) is 123 cm³/mol. The lowest BCUT2D eigenvalue weighted by atomic mass is 10.1. The fraction of sp³-hybridized carbons (Fsp3) is 0.381. The molecule has 0 radical (unpaired) electrons. The Labute approximate surface area is 190 Å². The normalized spacial score (nSPS) is 14.0. The number of nitro groups is 1. The molecule has 0 amide bonds. The number of nitro benzene ring substituents is 1. The lowest BCUT2D eigenvalue weighted by molar-refractivity contribution is -0.385. The molecular weight excluding hydrogens is 484 g/mol. The molecule has 8 nitrogen and oxygen atoms in total. The summed E-state index contributed by atoms with van der Waals surface area (Å²) in [6.45, 7) is 3.42. The van der Waals surface area contributed by atoms with Crippen LogP contribution in [0.3, 0.4) is 0 Å². The first-order valence-corrected chi connectivity index (χ1v) is 12.4. The molecule has 0 aliphatic carbocycles. The quantitative estimate of drug-likeness (QED) is 0.235. The van der Waals surface area contributed by atoms with Crippen LogP contribution in [0, 0.1) is 22.5 Å². The van der Waals surface area contributed by atoms with E-state index < -0.39 is 14.9 Å². The van der Waals surface area contributed by atoms with E-state index in [2.05, 4.69) is 26.8 Å². The molecule has 0 fully saturated rings. The number of terminal acetylenes is 1. The molecule has 0 saturated heterocycles. The van der Waals surface area contributed by atoms with Gasteiger partial charge in [0.05, 0.1) is 28.4 Å². The van der Waals surface area contributed by atoms with Gasteiger partial charge >= 0.3 is 0 Å². The standard InChI is InChI=1S/C21H23BrN4O4S/c1-3-10-24(12-8-22)21-16(4-2)13-18(26(27)28)14-20(21)31(29,30)25-11-7-17-6-5-9-23-19(17)15-25/h2,5-6,9,13-14H,3,7-8,10-12,15H2,1H3. The van der Waals surface area contributed by atoms with Crippen LogP contribution in [-0.4, -0.2) is 47.6 Å². The molecule has 1 aliphatic heterocycles. The smallest absolute Gasteiger partial charge is 0.272 e. The number of rotatable bonds is 8. The van der Waals surface area contributed by atoms with Crippen molar-refractivity contribution in [1.29, 1.82) is 0 Å². The van der Waals surface area contributed by atoms with Crippen molar-refractivity contribution in [1.82, 2.24) is 9.29 Å². The molecule has 0 N–H and O–H groups in total. The third-order valence-electron chi connectivity index (χ3n) is 5.15. The van der Waals surface area contributed by atoms with Crippen LogP contribution >= 0.6 is 15.9 Å². The summed E-state index contributed by atoms with van der Waals surface area (Å²) in [5.74, 6) is 2.46. The Hall–Kier alpha value is -2.48. The van der Waals surface area contributed by atoms with E-state index in [0.717, 1.165) is 18.1 Å². The van der Waals surface area contributed by atoms with Crippen LogP contribution in [0.2, 0.25) is 0 Å². The molecule has 0 bridgehead atoms. The number of pyridine rings is 1. The molecule has 0 atom stereocenters. The second kappa shape index (κ2) is 9.77. The SMILES string of the molecule is C#Cc1cc([N+](=O)[O-])cc(S(=O)(=O)N2CCc3cccnc3C2)c1N(CCC)CCBr. The minimum absolute atomic E-state index is 0.109. The lowest BCUT2D eigenvalue weighted by Crippen LogP contribution is -2.38. The van der Waals surface area contributed by atoms with Crippen molar-refractivity contribution >= 4 is 37.3 Å². The van der Waals surface area contributed by atoms with Gasteiger partial charge in [0.15, 0.2) is 0 Å². The number of non-ortho nitro benzene ring substituents is 1. The number of halogens is 1. The van der Waals surface area contributed by atoms with Crippen LogP contribution in [0.5, 0.6) is 0 Å². The van der Waals surface area contributed by atoms with Crippen LogP contribution in [0.4, 0.5) is 11.4 Å². The van der Waals surface area contributed by atoms with E-state index in [1.807, 2.05) is 24.0 Å². The number of nitrogens with zero attached hydrogens (tertiary/aromatic N) is 4. The van der Waals surface area contributed by atoms with Crippen LogP contribution in [0.25, 0.3) is 0 Å². The number of hydrogen-bond acceptors (Lipinski definition) is 6. The van der Waals surface area contributed by atoms with E-state index in [0.29, 0.717) is 36.2 Å². The largest absolute Gasteiger partial charge is 0.369 e. The first-order chi connectivity index (χ1) is 14.8. The van der Waals surface area contributed by atoms with Crippen molar-refractivity contribution in [2.24, 2.45) is 0 Å². The summed E-state index contributed by atoms with van der Waals surface area (Å²) in [6, 6.07) is 6.14. The topological polar surface area (TPSA) is 96.6 Å². The summed E-state index contributed by atoms with van der Waals surface area (Å²) in [7, 11) is -4.07. The Morgan fingerprint density at radius 1 is 1.39 bits per heavy atom. The molecule has 31 heavy (non-hydrogen) atoms. The van der Waals surface area contributed by atoms with E-state index in [1.54, 1.807) is 6.20 Å². The summed E-state index contributed by atoms with van der Waals surface area (Å²) in [6.07, 6.45) is 8.58. The highest BCUT2D eigenvalue weighted by atomic mass is 79.9. The van der Waals surface area contributed by atoms with Gasteiger partial charge in [0.1, 0.15) is 4.90 Å². The van der Waals surface area contributed by atoms with Gasteiger partial charge in [0, 0.05) is 43.3 Å². The second-order valence-corrected chi connectivity index (χ2v) is 9.81. The van der Waals surface area contributed by atoms with Crippen LogP contribution in [-0.2, 0) is 23.0 Å². The Morgan fingerprint density at radius 3 is 2.81 bits per heavy atom. The third kappa shape index (κ3) is 4.74. The first-order valence-electron chi connectivity index (χ1n) is 9.86. The molecule has 1 aromatic heterocycles. The van der Waals surface area contributed by atoms with Gasteiger partial charge in [-0.1, -0.05) is 34.8 Å². The fourth-order valence-electron chi connectivity index (χ4n) is 3.72. The molecule has 2 aromatic rings. The average molecular weight is 507 g/mol.